The molecule has 1 N–H and O–H groups in total. The fraction of sp³-hybridized carbons (Fsp3) is 0.565. The molecule has 0 bridgehead atoms. The number of aromatic amines is 1. The van der Waals surface area contributed by atoms with E-state index in [-0.39, 0.29) is 28.2 Å². The molecule has 0 amide bonds. The third-order valence-electron chi connectivity index (χ3n) is 6.53. The smallest absolute Gasteiger partial charge is 0.279 e. The van der Waals surface area contributed by atoms with Crippen LogP contribution in [0.2, 0.25) is 0 Å². The largest absolute Gasteiger partial charge is 0.474 e. The van der Waals surface area contributed by atoms with Crippen LogP contribution in [0.1, 0.15) is 39.8 Å². The molecule has 4 heterocycles. The Morgan fingerprint density at radius 3 is 2.49 bits per heavy atom. The summed E-state index contributed by atoms with van der Waals surface area (Å²) < 4.78 is 36.0. The summed E-state index contributed by atoms with van der Waals surface area (Å²) in [6.07, 6.45) is 2.52. The summed E-state index contributed by atoms with van der Waals surface area (Å²) in [6.45, 7) is 11.0. The molecule has 4 rings (SSSR count). The molecule has 1 saturated heterocycles. The van der Waals surface area contributed by atoms with Gasteiger partial charge in [0, 0.05) is 33.2 Å². The predicted molar refractivity (Wildman–Crippen MR) is 133 cm³/mol. The number of ether oxygens (including phenoxy) is 1. The number of sulfonamides is 1. The van der Waals surface area contributed by atoms with Gasteiger partial charge in [0.15, 0.2) is 5.52 Å². The average molecular weight is 504 g/mol. The van der Waals surface area contributed by atoms with Gasteiger partial charge in [-0.3, -0.25) is 9.48 Å². The normalized spacial score (nSPS) is 16.6. The minimum Gasteiger partial charge on any atom is -0.474 e. The maximum Gasteiger partial charge on any atom is 0.279 e. The Kier molecular flexibility index (Phi) is 7.25. The van der Waals surface area contributed by atoms with Crippen LogP contribution in [0.5, 0.6) is 5.88 Å². The van der Waals surface area contributed by atoms with E-state index in [1.807, 2.05) is 20.8 Å². The van der Waals surface area contributed by atoms with Crippen molar-refractivity contribution in [3.63, 3.8) is 0 Å². The third kappa shape index (κ3) is 4.82. The van der Waals surface area contributed by atoms with Crippen LogP contribution in [0.4, 0.5) is 0 Å². The molecule has 3 aromatic rings. The van der Waals surface area contributed by atoms with E-state index in [0.29, 0.717) is 43.7 Å². The van der Waals surface area contributed by atoms with Gasteiger partial charge < -0.3 is 14.6 Å². The molecule has 0 aromatic carbocycles. The number of piperazine rings is 1. The van der Waals surface area contributed by atoms with Gasteiger partial charge in [0.05, 0.1) is 23.6 Å². The van der Waals surface area contributed by atoms with E-state index >= 15 is 0 Å². The number of rotatable bonds is 8. The standard InChI is InChI=1S/C23H33N7O4S/c1-6-15(4)34-23-17(21-25-19-18(7-2)28(5)27-20(19)22(31)26-21)13-16(14-24-23)35(32,33)30-11-9-29(8-3)10-12-30/h13-15H,6-12H2,1-5H3,(H,25,26,31)/t15-/m1/s1. The van der Waals surface area contributed by atoms with Crippen molar-refractivity contribution in [2.75, 3.05) is 32.7 Å². The molecule has 3 aromatic heterocycles. The molecule has 0 saturated carbocycles. The van der Waals surface area contributed by atoms with Gasteiger partial charge >= 0.3 is 0 Å². The predicted octanol–water partition coefficient (Wildman–Crippen LogP) is 1.78. The van der Waals surface area contributed by atoms with E-state index < -0.39 is 15.6 Å². The lowest BCUT2D eigenvalue weighted by atomic mass is 10.2. The molecule has 190 valence electrons. The highest BCUT2D eigenvalue weighted by molar-refractivity contribution is 7.89. The average Bonchev–Trinajstić information content (AvgIpc) is 3.19. The number of hydrogen-bond acceptors (Lipinski definition) is 8. The van der Waals surface area contributed by atoms with E-state index in [4.69, 9.17) is 4.74 Å². The maximum atomic E-state index is 13.5. The van der Waals surface area contributed by atoms with Crippen molar-refractivity contribution < 1.29 is 13.2 Å². The molecule has 0 spiro atoms. The fourth-order valence-electron chi connectivity index (χ4n) is 4.20. The number of hydrogen-bond donors (Lipinski definition) is 1. The van der Waals surface area contributed by atoms with Crippen molar-refractivity contribution in [1.82, 2.24) is 33.9 Å². The number of likely N-dealkylation sites (N-methyl/N-ethyl adjacent to an activating group) is 1. The number of nitrogens with zero attached hydrogens (tertiary/aromatic N) is 6. The van der Waals surface area contributed by atoms with Crippen LogP contribution in [0.15, 0.2) is 22.0 Å². The zero-order chi connectivity index (χ0) is 25.3. The van der Waals surface area contributed by atoms with Gasteiger partial charge in [-0.05, 0) is 32.4 Å². The zero-order valence-corrected chi connectivity index (χ0v) is 21.7. The second-order valence-electron chi connectivity index (χ2n) is 8.73. The first-order valence-corrected chi connectivity index (χ1v) is 13.5. The lowest BCUT2D eigenvalue weighted by Gasteiger charge is -2.33. The van der Waals surface area contributed by atoms with Gasteiger partial charge in [-0.25, -0.2) is 18.4 Å². The number of H-pyrrole nitrogens is 1. The minimum atomic E-state index is -3.78. The van der Waals surface area contributed by atoms with Crippen LogP contribution in [0, 0.1) is 0 Å². The molecule has 0 aliphatic carbocycles. The lowest BCUT2D eigenvalue weighted by Crippen LogP contribution is -2.48. The second kappa shape index (κ2) is 10.0. The number of fused-ring (bicyclic) bond motifs is 1. The zero-order valence-electron chi connectivity index (χ0n) is 20.9. The summed E-state index contributed by atoms with van der Waals surface area (Å²) in [7, 11) is -2.02. The van der Waals surface area contributed by atoms with Crippen molar-refractivity contribution in [2.45, 2.75) is 51.5 Å². The Hall–Kier alpha value is -2.83. The highest BCUT2D eigenvalue weighted by Gasteiger charge is 2.30. The van der Waals surface area contributed by atoms with Crippen LogP contribution in [-0.2, 0) is 23.5 Å². The van der Waals surface area contributed by atoms with Crippen molar-refractivity contribution in [2.24, 2.45) is 7.05 Å². The van der Waals surface area contributed by atoms with E-state index in [0.717, 1.165) is 18.7 Å². The first kappa shape index (κ1) is 25.3. The van der Waals surface area contributed by atoms with E-state index in [1.54, 1.807) is 11.7 Å². The van der Waals surface area contributed by atoms with Crippen molar-refractivity contribution in [3.05, 3.63) is 28.3 Å². The number of aromatic nitrogens is 5. The summed E-state index contributed by atoms with van der Waals surface area (Å²) in [5.74, 6) is 0.419. The molecule has 0 radical (unpaired) electrons. The molecule has 1 aliphatic rings. The van der Waals surface area contributed by atoms with Crippen LogP contribution < -0.4 is 10.3 Å². The van der Waals surface area contributed by atoms with Crippen LogP contribution in [0.25, 0.3) is 22.4 Å². The van der Waals surface area contributed by atoms with E-state index in [9.17, 15) is 13.2 Å². The molecule has 11 nitrogen and oxygen atoms in total. The molecule has 0 unspecified atom stereocenters. The maximum absolute atomic E-state index is 13.5. The van der Waals surface area contributed by atoms with Crippen molar-refractivity contribution >= 4 is 21.1 Å². The first-order valence-electron chi connectivity index (χ1n) is 12.0. The van der Waals surface area contributed by atoms with Crippen LogP contribution >= 0.6 is 0 Å². The van der Waals surface area contributed by atoms with Gasteiger partial charge in [0.2, 0.25) is 15.9 Å². The summed E-state index contributed by atoms with van der Waals surface area (Å²) in [5.41, 5.74) is 1.44. The molecule has 1 fully saturated rings. The monoisotopic (exact) mass is 503 g/mol. The Balaban J connectivity index is 1.84. The first-order chi connectivity index (χ1) is 16.7. The third-order valence-corrected chi connectivity index (χ3v) is 8.39. The second-order valence-corrected chi connectivity index (χ2v) is 10.7. The molecule has 35 heavy (non-hydrogen) atoms. The number of pyridine rings is 1. The summed E-state index contributed by atoms with van der Waals surface area (Å²) in [4.78, 5) is 26.9. The molecule has 1 aliphatic heterocycles. The van der Waals surface area contributed by atoms with Crippen LogP contribution in [-0.4, -0.2) is 81.2 Å². The van der Waals surface area contributed by atoms with Gasteiger partial charge in [0.25, 0.3) is 5.56 Å². The number of aryl methyl sites for hydroxylation is 2. The summed E-state index contributed by atoms with van der Waals surface area (Å²) in [6, 6.07) is 1.50. The lowest BCUT2D eigenvalue weighted by molar-refractivity contribution is 0.196. The molecule has 1 atom stereocenters. The number of nitrogens with one attached hydrogen (secondary N) is 1. The summed E-state index contributed by atoms with van der Waals surface area (Å²) >= 11 is 0. The highest BCUT2D eigenvalue weighted by Crippen LogP contribution is 2.31. The van der Waals surface area contributed by atoms with E-state index in [1.165, 1.54) is 16.6 Å². The SMILES string of the molecule is CCc1c2nc(-c3cc(S(=O)(=O)N4CCN(CC)CC4)cnc3O[C@H](C)CC)[nH]c(=O)c2nn1C. The Labute approximate surface area is 205 Å². The van der Waals surface area contributed by atoms with Gasteiger partial charge in [-0.15, -0.1) is 0 Å². The fourth-order valence-corrected chi connectivity index (χ4v) is 5.59. The Morgan fingerprint density at radius 2 is 1.86 bits per heavy atom. The summed E-state index contributed by atoms with van der Waals surface area (Å²) in [5, 5.41) is 4.29. The topological polar surface area (TPSA) is 126 Å². The Bertz CT molecular complexity index is 1370. The van der Waals surface area contributed by atoms with E-state index in [2.05, 4.69) is 31.9 Å². The molecular formula is C23H33N7O4S. The van der Waals surface area contributed by atoms with Gasteiger partial charge in [0.1, 0.15) is 16.2 Å². The van der Waals surface area contributed by atoms with Crippen molar-refractivity contribution in [3.8, 4) is 17.3 Å². The quantitative estimate of drug-likeness (QED) is 0.493. The Morgan fingerprint density at radius 1 is 1.14 bits per heavy atom. The van der Waals surface area contributed by atoms with Crippen molar-refractivity contribution in [1.29, 1.82) is 0 Å². The van der Waals surface area contributed by atoms with Gasteiger partial charge in [-0.1, -0.05) is 20.8 Å². The minimum absolute atomic E-state index is 0.0404. The molecule has 12 heteroatoms. The van der Waals surface area contributed by atoms with Gasteiger partial charge in [-0.2, -0.15) is 9.40 Å². The molecular weight excluding hydrogens is 470 g/mol. The highest BCUT2D eigenvalue weighted by atomic mass is 32.2. The van der Waals surface area contributed by atoms with Crippen LogP contribution in [0.3, 0.4) is 0 Å².